The maximum atomic E-state index is 4.68. The van der Waals surface area contributed by atoms with Crippen molar-refractivity contribution in [3.05, 3.63) is 21.7 Å². The van der Waals surface area contributed by atoms with Crippen molar-refractivity contribution in [2.45, 2.75) is 33.1 Å². The number of nitrogens with zero attached hydrogens (tertiary/aromatic N) is 3. The van der Waals surface area contributed by atoms with Crippen molar-refractivity contribution in [1.82, 2.24) is 15.0 Å². The van der Waals surface area contributed by atoms with Gasteiger partial charge in [0.25, 0.3) is 0 Å². The van der Waals surface area contributed by atoms with Gasteiger partial charge in [-0.25, -0.2) is 15.0 Å². The fourth-order valence-electron chi connectivity index (χ4n) is 1.66. The number of aromatic nitrogens is 3. The number of halogens is 1. The zero-order chi connectivity index (χ0) is 14.0. The second-order valence-electron chi connectivity index (χ2n) is 5.18. The van der Waals surface area contributed by atoms with Crippen LogP contribution < -0.4 is 5.32 Å². The quantitative estimate of drug-likeness (QED) is 0.913. The van der Waals surface area contributed by atoms with Crippen molar-refractivity contribution in [1.29, 1.82) is 0 Å². The van der Waals surface area contributed by atoms with Crippen LogP contribution in [0.3, 0.4) is 0 Å². The molecular formula is C13H17BrN4S. The SMILES string of the molecule is CCNc1nc(-c2nccs2)nc(C(C)(C)C)c1Br. The van der Waals surface area contributed by atoms with Gasteiger partial charge >= 0.3 is 0 Å². The van der Waals surface area contributed by atoms with Gasteiger partial charge in [-0.2, -0.15) is 0 Å². The molecule has 4 nitrogen and oxygen atoms in total. The highest BCUT2D eigenvalue weighted by molar-refractivity contribution is 9.10. The van der Waals surface area contributed by atoms with E-state index in [2.05, 4.69) is 57.0 Å². The van der Waals surface area contributed by atoms with Gasteiger partial charge in [0.1, 0.15) is 5.82 Å². The predicted molar refractivity (Wildman–Crippen MR) is 83.7 cm³/mol. The van der Waals surface area contributed by atoms with Gasteiger partial charge in [0.2, 0.25) is 0 Å². The van der Waals surface area contributed by atoms with Crippen LogP contribution in [0.5, 0.6) is 0 Å². The molecule has 2 aromatic heterocycles. The maximum absolute atomic E-state index is 4.68. The third kappa shape index (κ3) is 3.12. The molecule has 0 aliphatic rings. The van der Waals surface area contributed by atoms with Crippen LogP contribution in [0, 0.1) is 0 Å². The minimum absolute atomic E-state index is 0.0576. The molecule has 0 aliphatic heterocycles. The smallest absolute Gasteiger partial charge is 0.191 e. The van der Waals surface area contributed by atoms with Crippen molar-refractivity contribution in [3.63, 3.8) is 0 Å². The zero-order valence-electron chi connectivity index (χ0n) is 11.5. The van der Waals surface area contributed by atoms with Crippen molar-refractivity contribution in [2.75, 3.05) is 11.9 Å². The Kier molecular flexibility index (Phi) is 4.20. The number of anilines is 1. The molecule has 0 aliphatic carbocycles. The molecule has 0 bridgehead atoms. The fourth-order valence-corrected chi connectivity index (χ4v) is 3.14. The molecule has 0 radical (unpaired) electrons. The van der Waals surface area contributed by atoms with Crippen LogP contribution in [-0.2, 0) is 5.41 Å². The van der Waals surface area contributed by atoms with Gasteiger partial charge < -0.3 is 5.32 Å². The molecule has 0 amide bonds. The van der Waals surface area contributed by atoms with E-state index in [0.717, 1.165) is 27.5 Å². The molecule has 1 N–H and O–H groups in total. The van der Waals surface area contributed by atoms with Gasteiger partial charge in [-0.15, -0.1) is 11.3 Å². The lowest BCUT2D eigenvalue weighted by Crippen LogP contribution is -2.17. The number of nitrogens with one attached hydrogen (secondary N) is 1. The highest BCUT2D eigenvalue weighted by atomic mass is 79.9. The third-order valence-corrected chi connectivity index (χ3v) is 4.05. The first kappa shape index (κ1) is 14.4. The molecule has 0 atom stereocenters. The summed E-state index contributed by atoms with van der Waals surface area (Å²) in [5, 5.41) is 6.05. The molecule has 2 aromatic rings. The van der Waals surface area contributed by atoms with E-state index in [0.29, 0.717) is 5.82 Å². The first-order chi connectivity index (χ1) is 8.93. The first-order valence-electron chi connectivity index (χ1n) is 6.15. The highest BCUT2D eigenvalue weighted by Gasteiger charge is 2.24. The molecule has 0 saturated heterocycles. The number of thiazole rings is 1. The second-order valence-corrected chi connectivity index (χ2v) is 6.86. The van der Waals surface area contributed by atoms with Crippen LogP contribution in [-0.4, -0.2) is 21.5 Å². The molecule has 2 rings (SSSR count). The molecule has 0 aromatic carbocycles. The van der Waals surface area contributed by atoms with Crippen LogP contribution in [0.25, 0.3) is 10.8 Å². The topological polar surface area (TPSA) is 50.7 Å². The van der Waals surface area contributed by atoms with E-state index in [-0.39, 0.29) is 5.41 Å². The predicted octanol–water partition coefficient (Wildman–Crippen LogP) is 4.09. The van der Waals surface area contributed by atoms with E-state index in [1.54, 1.807) is 17.5 Å². The lowest BCUT2D eigenvalue weighted by atomic mass is 9.92. The van der Waals surface area contributed by atoms with Crippen LogP contribution in [0.2, 0.25) is 0 Å². The molecule has 19 heavy (non-hydrogen) atoms. The Morgan fingerprint density at radius 2 is 2.05 bits per heavy atom. The standard InChI is InChI=1S/C13H17BrN4S/c1-5-15-10-8(14)9(13(2,3)4)17-11(18-10)12-16-6-7-19-12/h6-7H,5H2,1-4H3,(H,15,17,18). The van der Waals surface area contributed by atoms with E-state index >= 15 is 0 Å². The highest BCUT2D eigenvalue weighted by Crippen LogP contribution is 2.34. The molecule has 102 valence electrons. The Labute approximate surface area is 125 Å². The lowest BCUT2D eigenvalue weighted by Gasteiger charge is -2.21. The number of rotatable bonds is 3. The third-order valence-electron chi connectivity index (χ3n) is 2.53. The Balaban J connectivity index is 2.61. The van der Waals surface area contributed by atoms with E-state index in [1.807, 2.05) is 12.3 Å². The average molecular weight is 341 g/mol. The van der Waals surface area contributed by atoms with Crippen LogP contribution in [0.4, 0.5) is 5.82 Å². The summed E-state index contributed by atoms with van der Waals surface area (Å²) in [7, 11) is 0. The van der Waals surface area contributed by atoms with E-state index in [9.17, 15) is 0 Å². The summed E-state index contributed by atoms with van der Waals surface area (Å²) in [4.78, 5) is 13.5. The summed E-state index contributed by atoms with van der Waals surface area (Å²) >= 11 is 5.16. The Bertz CT molecular complexity index is 561. The molecule has 0 unspecified atom stereocenters. The fraction of sp³-hybridized carbons (Fsp3) is 0.462. The summed E-state index contributed by atoms with van der Waals surface area (Å²) in [6.07, 6.45) is 1.77. The van der Waals surface area contributed by atoms with Gasteiger partial charge in [0, 0.05) is 23.5 Å². The molecule has 0 fully saturated rings. The van der Waals surface area contributed by atoms with E-state index < -0.39 is 0 Å². The summed E-state index contributed by atoms with van der Waals surface area (Å²) in [5.74, 6) is 1.51. The van der Waals surface area contributed by atoms with Crippen LogP contribution >= 0.6 is 27.3 Å². The van der Waals surface area contributed by atoms with Crippen LogP contribution in [0.1, 0.15) is 33.4 Å². The number of hydrogen-bond acceptors (Lipinski definition) is 5. The van der Waals surface area contributed by atoms with Crippen molar-refractivity contribution in [2.24, 2.45) is 0 Å². The monoisotopic (exact) mass is 340 g/mol. The van der Waals surface area contributed by atoms with Crippen molar-refractivity contribution >= 4 is 33.1 Å². The van der Waals surface area contributed by atoms with Crippen LogP contribution in [0.15, 0.2) is 16.0 Å². The Hall–Kier alpha value is -1.01. The van der Waals surface area contributed by atoms with E-state index in [1.165, 1.54) is 0 Å². The lowest BCUT2D eigenvalue weighted by molar-refractivity contribution is 0.564. The first-order valence-corrected chi connectivity index (χ1v) is 7.82. The normalized spacial score (nSPS) is 11.6. The second kappa shape index (κ2) is 5.54. The minimum atomic E-state index is -0.0576. The van der Waals surface area contributed by atoms with Gasteiger partial charge in [0.15, 0.2) is 10.8 Å². The van der Waals surface area contributed by atoms with Gasteiger partial charge in [-0.05, 0) is 22.9 Å². The van der Waals surface area contributed by atoms with E-state index in [4.69, 9.17) is 0 Å². The molecule has 6 heteroatoms. The molecule has 2 heterocycles. The summed E-state index contributed by atoms with van der Waals surface area (Å²) in [6.45, 7) is 9.29. The Morgan fingerprint density at radius 3 is 2.58 bits per heavy atom. The van der Waals surface area contributed by atoms with Gasteiger partial charge in [-0.3, -0.25) is 0 Å². The maximum Gasteiger partial charge on any atom is 0.191 e. The number of hydrogen-bond donors (Lipinski definition) is 1. The van der Waals surface area contributed by atoms with Gasteiger partial charge in [-0.1, -0.05) is 20.8 Å². The average Bonchev–Trinajstić information content (AvgIpc) is 2.84. The molecular weight excluding hydrogens is 324 g/mol. The largest absolute Gasteiger partial charge is 0.369 e. The van der Waals surface area contributed by atoms with Crippen molar-refractivity contribution < 1.29 is 0 Å². The molecule has 0 spiro atoms. The Morgan fingerprint density at radius 1 is 1.32 bits per heavy atom. The van der Waals surface area contributed by atoms with Gasteiger partial charge in [0.05, 0.1) is 10.2 Å². The minimum Gasteiger partial charge on any atom is -0.369 e. The summed E-state index contributed by atoms with van der Waals surface area (Å²) < 4.78 is 0.933. The van der Waals surface area contributed by atoms with Crippen molar-refractivity contribution in [3.8, 4) is 10.8 Å². The molecule has 0 saturated carbocycles. The summed E-state index contributed by atoms with van der Waals surface area (Å²) in [5.41, 5.74) is 0.932. The summed E-state index contributed by atoms with van der Waals surface area (Å²) in [6, 6.07) is 0. The zero-order valence-corrected chi connectivity index (χ0v) is 13.9.